The second kappa shape index (κ2) is 10.0. The first-order valence-corrected chi connectivity index (χ1v) is 10.5. The van der Waals surface area contributed by atoms with Crippen molar-refractivity contribution in [2.24, 2.45) is 0 Å². The second-order valence-corrected chi connectivity index (χ2v) is 7.38. The maximum absolute atomic E-state index is 12.4. The van der Waals surface area contributed by atoms with E-state index in [0.29, 0.717) is 37.7 Å². The molecule has 1 saturated heterocycles. The van der Waals surface area contributed by atoms with Crippen LogP contribution in [0.1, 0.15) is 16.2 Å². The Morgan fingerprint density at radius 2 is 1.68 bits per heavy atom. The Labute approximate surface area is 182 Å². The fourth-order valence-corrected chi connectivity index (χ4v) is 3.51. The normalized spacial score (nSPS) is 13.6. The Balaban J connectivity index is 1.28. The van der Waals surface area contributed by atoms with Crippen LogP contribution < -0.4 is 15.5 Å². The van der Waals surface area contributed by atoms with E-state index < -0.39 is 0 Å². The predicted molar refractivity (Wildman–Crippen MR) is 123 cm³/mol. The molecule has 2 N–H and O–H groups in total. The van der Waals surface area contributed by atoms with Crippen molar-refractivity contribution < 1.29 is 9.53 Å². The maximum atomic E-state index is 12.4. The third-order valence-corrected chi connectivity index (χ3v) is 5.13. The van der Waals surface area contributed by atoms with Gasteiger partial charge in [-0.2, -0.15) is 0 Å². The topological polar surface area (TPSA) is 79.4 Å². The van der Waals surface area contributed by atoms with E-state index in [4.69, 9.17) is 4.74 Å². The number of anilines is 2. The fraction of sp³-hybridized carbons (Fsp3) is 0.292. The molecule has 0 aliphatic carbocycles. The number of hydrogen-bond acceptors (Lipinski definition) is 6. The van der Waals surface area contributed by atoms with Crippen LogP contribution in [0.5, 0.6) is 0 Å². The summed E-state index contributed by atoms with van der Waals surface area (Å²) < 4.78 is 5.41. The Bertz CT molecular complexity index is 1000. The zero-order valence-corrected chi connectivity index (χ0v) is 17.7. The van der Waals surface area contributed by atoms with Crippen molar-refractivity contribution in [1.82, 2.24) is 15.3 Å². The van der Waals surface area contributed by atoms with Crippen molar-refractivity contribution in [1.29, 1.82) is 0 Å². The molecule has 0 atom stereocenters. The molecule has 2 aromatic carbocycles. The van der Waals surface area contributed by atoms with Crippen molar-refractivity contribution in [3.63, 3.8) is 0 Å². The molecule has 1 aromatic heterocycles. The highest BCUT2D eigenvalue weighted by molar-refractivity contribution is 5.94. The van der Waals surface area contributed by atoms with Crippen molar-refractivity contribution in [2.45, 2.75) is 6.92 Å². The lowest BCUT2D eigenvalue weighted by molar-refractivity contribution is 0.0955. The highest BCUT2D eigenvalue weighted by Gasteiger charge is 2.14. The highest BCUT2D eigenvalue weighted by atomic mass is 16.5. The Morgan fingerprint density at radius 3 is 2.42 bits per heavy atom. The van der Waals surface area contributed by atoms with Crippen LogP contribution in [-0.4, -0.2) is 55.3 Å². The van der Waals surface area contributed by atoms with Crippen LogP contribution in [-0.2, 0) is 4.74 Å². The SMILES string of the molecule is Cc1nc(NCCNC(=O)c2ccc(-c3ccccc3)cc2)cc(N2CCOCC2)n1. The lowest BCUT2D eigenvalue weighted by Gasteiger charge is -2.28. The molecular formula is C24H27N5O2. The summed E-state index contributed by atoms with van der Waals surface area (Å²) >= 11 is 0. The van der Waals surface area contributed by atoms with Crippen molar-refractivity contribution >= 4 is 17.5 Å². The first-order valence-electron chi connectivity index (χ1n) is 10.5. The molecular weight excluding hydrogens is 390 g/mol. The van der Waals surface area contributed by atoms with E-state index in [2.05, 4.69) is 37.6 Å². The van der Waals surface area contributed by atoms with E-state index in [1.807, 2.05) is 55.5 Å². The van der Waals surface area contributed by atoms with Gasteiger partial charge in [0.05, 0.1) is 13.2 Å². The standard InChI is InChI=1S/C24H27N5O2/c1-18-27-22(17-23(28-18)29-13-15-31-16-14-29)25-11-12-26-24(30)21-9-7-20(8-10-21)19-5-3-2-4-6-19/h2-10,17H,11-16H2,1H3,(H,26,30)(H,25,27,28). The molecule has 1 amide bonds. The molecule has 0 unspecified atom stereocenters. The summed E-state index contributed by atoms with van der Waals surface area (Å²) in [6.45, 7) is 6.04. The minimum atomic E-state index is -0.0886. The molecule has 0 bridgehead atoms. The van der Waals surface area contributed by atoms with Gasteiger partial charge in [0.15, 0.2) is 0 Å². The van der Waals surface area contributed by atoms with Crippen molar-refractivity contribution in [3.05, 3.63) is 72.1 Å². The number of carbonyl (C=O) groups is 1. The number of aryl methyl sites for hydroxylation is 1. The zero-order chi connectivity index (χ0) is 21.5. The van der Waals surface area contributed by atoms with Crippen LogP contribution in [0.3, 0.4) is 0 Å². The van der Waals surface area contributed by atoms with Crippen molar-refractivity contribution in [3.8, 4) is 11.1 Å². The number of morpholine rings is 1. The number of hydrogen-bond donors (Lipinski definition) is 2. The Hall–Kier alpha value is -3.45. The van der Waals surface area contributed by atoms with Gasteiger partial charge in [0.2, 0.25) is 0 Å². The molecule has 7 heteroatoms. The minimum Gasteiger partial charge on any atom is -0.378 e. The summed E-state index contributed by atoms with van der Waals surface area (Å²) in [4.78, 5) is 23.6. The average Bonchev–Trinajstić information content (AvgIpc) is 2.82. The van der Waals surface area contributed by atoms with Gasteiger partial charge in [0.1, 0.15) is 17.5 Å². The number of ether oxygens (including phenoxy) is 1. The molecule has 31 heavy (non-hydrogen) atoms. The fourth-order valence-electron chi connectivity index (χ4n) is 3.51. The summed E-state index contributed by atoms with van der Waals surface area (Å²) in [6, 6.07) is 19.7. The monoisotopic (exact) mass is 417 g/mol. The molecule has 0 spiro atoms. The number of aromatic nitrogens is 2. The first kappa shape index (κ1) is 20.8. The third-order valence-electron chi connectivity index (χ3n) is 5.13. The average molecular weight is 418 g/mol. The van der Waals surface area contributed by atoms with Gasteiger partial charge >= 0.3 is 0 Å². The molecule has 1 fully saturated rings. The predicted octanol–water partition coefficient (Wildman–Crippen LogP) is 3.13. The van der Waals surface area contributed by atoms with E-state index in [-0.39, 0.29) is 5.91 Å². The quantitative estimate of drug-likeness (QED) is 0.575. The lowest BCUT2D eigenvalue weighted by atomic mass is 10.0. The molecule has 0 saturated carbocycles. The summed E-state index contributed by atoms with van der Waals surface area (Å²) in [5.74, 6) is 2.29. The molecule has 0 radical (unpaired) electrons. The van der Waals surface area contributed by atoms with Crippen LogP contribution in [0.15, 0.2) is 60.7 Å². The van der Waals surface area contributed by atoms with Crippen LogP contribution in [0, 0.1) is 6.92 Å². The van der Waals surface area contributed by atoms with Crippen LogP contribution >= 0.6 is 0 Å². The largest absolute Gasteiger partial charge is 0.378 e. The smallest absolute Gasteiger partial charge is 0.251 e. The van der Waals surface area contributed by atoms with Crippen molar-refractivity contribution in [2.75, 3.05) is 49.6 Å². The molecule has 3 aromatic rings. The van der Waals surface area contributed by atoms with E-state index in [1.165, 1.54) is 0 Å². The number of nitrogens with one attached hydrogen (secondary N) is 2. The van der Waals surface area contributed by atoms with Gasteiger partial charge < -0.3 is 20.3 Å². The van der Waals surface area contributed by atoms with E-state index in [0.717, 1.165) is 35.9 Å². The summed E-state index contributed by atoms with van der Waals surface area (Å²) in [5.41, 5.74) is 2.87. The zero-order valence-electron chi connectivity index (χ0n) is 17.7. The number of rotatable bonds is 7. The van der Waals surface area contributed by atoms with Gasteiger partial charge in [0, 0.05) is 37.8 Å². The van der Waals surface area contributed by atoms with Gasteiger partial charge in [-0.1, -0.05) is 42.5 Å². The van der Waals surface area contributed by atoms with Gasteiger partial charge in [-0.3, -0.25) is 4.79 Å². The maximum Gasteiger partial charge on any atom is 0.251 e. The first-order chi connectivity index (χ1) is 15.2. The van der Waals surface area contributed by atoms with Gasteiger partial charge in [0.25, 0.3) is 5.91 Å². The molecule has 7 nitrogen and oxygen atoms in total. The third kappa shape index (κ3) is 5.58. The van der Waals surface area contributed by atoms with E-state index in [1.54, 1.807) is 0 Å². The summed E-state index contributed by atoms with van der Waals surface area (Å²) in [5, 5.41) is 6.23. The number of carbonyl (C=O) groups excluding carboxylic acids is 1. The second-order valence-electron chi connectivity index (χ2n) is 7.38. The van der Waals surface area contributed by atoms with Gasteiger partial charge in [-0.15, -0.1) is 0 Å². The van der Waals surface area contributed by atoms with Gasteiger partial charge in [-0.25, -0.2) is 9.97 Å². The van der Waals surface area contributed by atoms with Crippen LogP contribution in [0.2, 0.25) is 0 Å². The Morgan fingerprint density at radius 1 is 0.968 bits per heavy atom. The van der Waals surface area contributed by atoms with Gasteiger partial charge in [-0.05, 0) is 30.2 Å². The highest BCUT2D eigenvalue weighted by Crippen LogP contribution is 2.19. The van der Waals surface area contributed by atoms with Crippen LogP contribution in [0.4, 0.5) is 11.6 Å². The lowest BCUT2D eigenvalue weighted by Crippen LogP contribution is -2.37. The number of amides is 1. The van der Waals surface area contributed by atoms with E-state index in [9.17, 15) is 4.79 Å². The number of benzene rings is 2. The van der Waals surface area contributed by atoms with Crippen LogP contribution in [0.25, 0.3) is 11.1 Å². The summed E-state index contributed by atoms with van der Waals surface area (Å²) in [7, 11) is 0. The minimum absolute atomic E-state index is 0.0886. The molecule has 2 heterocycles. The molecule has 160 valence electrons. The Kier molecular flexibility index (Phi) is 6.74. The summed E-state index contributed by atoms with van der Waals surface area (Å²) in [6.07, 6.45) is 0. The van der Waals surface area contributed by atoms with E-state index >= 15 is 0 Å². The molecule has 1 aliphatic rings. The molecule has 1 aliphatic heterocycles. The number of nitrogens with zero attached hydrogens (tertiary/aromatic N) is 3. The molecule has 4 rings (SSSR count).